The van der Waals surface area contributed by atoms with Gasteiger partial charge in [0, 0.05) is 52.0 Å². The molecule has 0 bridgehead atoms. The number of carbonyl (C=O) groups excluding carboxylic acids is 1. The second-order valence-corrected chi connectivity index (χ2v) is 6.07. The number of piperazine rings is 1. The number of ether oxygens (including phenoxy) is 1. The summed E-state index contributed by atoms with van der Waals surface area (Å²) < 4.78 is 5.19. The number of methoxy groups -OCH3 is 1. The molecule has 0 atom stereocenters. The fourth-order valence-electron chi connectivity index (χ4n) is 2.72. The molecule has 2 rings (SSSR count). The van der Waals surface area contributed by atoms with E-state index in [1.807, 2.05) is 30.3 Å². The lowest BCUT2D eigenvalue weighted by atomic mass is 10.1. The molecule has 1 aliphatic rings. The van der Waals surface area contributed by atoms with Crippen LogP contribution < -0.4 is 20.7 Å². The van der Waals surface area contributed by atoms with Crippen LogP contribution in [0.5, 0.6) is 5.75 Å². The summed E-state index contributed by atoms with van der Waals surface area (Å²) in [4.78, 5) is 14.4. The van der Waals surface area contributed by atoms with Crippen LogP contribution in [0, 0.1) is 11.3 Å². The van der Waals surface area contributed by atoms with Gasteiger partial charge >= 0.3 is 0 Å². The van der Waals surface area contributed by atoms with Gasteiger partial charge in [0.15, 0.2) is 0 Å². The Labute approximate surface area is 155 Å². The molecule has 0 aliphatic carbocycles. The van der Waals surface area contributed by atoms with Crippen molar-refractivity contribution in [1.29, 1.82) is 5.26 Å². The minimum absolute atomic E-state index is 0.0935. The van der Waals surface area contributed by atoms with Crippen LogP contribution in [0.25, 0.3) is 0 Å². The fourth-order valence-corrected chi connectivity index (χ4v) is 2.72. The molecule has 26 heavy (non-hydrogen) atoms. The zero-order valence-corrected chi connectivity index (χ0v) is 15.3. The molecule has 3 N–H and O–H groups in total. The van der Waals surface area contributed by atoms with Crippen molar-refractivity contribution in [3.63, 3.8) is 0 Å². The smallest absolute Gasteiger partial charge is 0.263 e. The van der Waals surface area contributed by atoms with Gasteiger partial charge < -0.3 is 20.7 Å². The standard InChI is InChI=1S/C19H27N5O2/c1-26-18-4-2-3-16(13-18)5-6-22-15-17(14-20)19(25)23-9-12-24-10-7-21-8-11-24/h2-4,13,15,21-22H,5-12H2,1H3,(H,23,25)/b17-15-. The van der Waals surface area contributed by atoms with Gasteiger partial charge in [-0.3, -0.25) is 9.69 Å². The van der Waals surface area contributed by atoms with Crippen molar-refractivity contribution >= 4 is 5.91 Å². The molecule has 1 amide bonds. The van der Waals surface area contributed by atoms with Crippen LogP contribution in [0.3, 0.4) is 0 Å². The van der Waals surface area contributed by atoms with Gasteiger partial charge in [0.1, 0.15) is 17.4 Å². The van der Waals surface area contributed by atoms with Crippen molar-refractivity contribution in [2.45, 2.75) is 6.42 Å². The monoisotopic (exact) mass is 357 g/mol. The maximum Gasteiger partial charge on any atom is 0.263 e. The van der Waals surface area contributed by atoms with E-state index in [-0.39, 0.29) is 11.5 Å². The van der Waals surface area contributed by atoms with Gasteiger partial charge in [-0.1, -0.05) is 12.1 Å². The number of rotatable bonds is 9. The van der Waals surface area contributed by atoms with E-state index in [9.17, 15) is 10.1 Å². The molecule has 1 aliphatic heterocycles. The van der Waals surface area contributed by atoms with E-state index in [1.54, 1.807) is 7.11 Å². The fraction of sp³-hybridized carbons (Fsp3) is 0.474. The quantitative estimate of drug-likeness (QED) is 0.334. The lowest BCUT2D eigenvalue weighted by molar-refractivity contribution is -0.117. The van der Waals surface area contributed by atoms with Crippen molar-refractivity contribution in [1.82, 2.24) is 20.9 Å². The second-order valence-electron chi connectivity index (χ2n) is 6.07. The van der Waals surface area contributed by atoms with Gasteiger partial charge in [-0.05, 0) is 24.1 Å². The SMILES string of the molecule is COc1cccc(CCN/C=C(/C#N)C(=O)NCCN2CCNCC2)c1. The number of hydrogen-bond acceptors (Lipinski definition) is 6. The van der Waals surface area contributed by atoms with Crippen molar-refractivity contribution < 1.29 is 9.53 Å². The van der Waals surface area contributed by atoms with Crippen LogP contribution >= 0.6 is 0 Å². The maximum absolute atomic E-state index is 12.1. The normalized spacial score (nSPS) is 15.2. The molecule has 1 aromatic rings. The molecular weight excluding hydrogens is 330 g/mol. The Hall–Kier alpha value is -2.56. The average Bonchev–Trinajstić information content (AvgIpc) is 2.69. The summed E-state index contributed by atoms with van der Waals surface area (Å²) in [5.41, 5.74) is 1.22. The molecular formula is C19H27N5O2. The minimum Gasteiger partial charge on any atom is -0.497 e. The molecule has 0 saturated carbocycles. The first-order valence-electron chi connectivity index (χ1n) is 8.91. The first-order chi connectivity index (χ1) is 12.7. The average molecular weight is 357 g/mol. The van der Waals surface area contributed by atoms with Gasteiger partial charge in [0.25, 0.3) is 5.91 Å². The van der Waals surface area contributed by atoms with Gasteiger partial charge in [-0.15, -0.1) is 0 Å². The minimum atomic E-state index is -0.337. The summed E-state index contributed by atoms with van der Waals surface area (Å²) in [5, 5.41) is 18.3. The third-order valence-electron chi connectivity index (χ3n) is 4.23. The maximum atomic E-state index is 12.1. The Balaban J connectivity index is 1.70. The van der Waals surface area contributed by atoms with Gasteiger partial charge in [0.2, 0.25) is 0 Å². The van der Waals surface area contributed by atoms with Crippen LogP contribution in [0.2, 0.25) is 0 Å². The van der Waals surface area contributed by atoms with Crippen molar-refractivity contribution in [3.8, 4) is 11.8 Å². The molecule has 0 spiro atoms. The lowest BCUT2D eigenvalue weighted by Crippen LogP contribution is -2.46. The first kappa shape index (κ1) is 19.8. The predicted molar refractivity (Wildman–Crippen MR) is 101 cm³/mol. The zero-order chi connectivity index (χ0) is 18.6. The molecule has 0 unspecified atom stereocenters. The Morgan fingerprint density at radius 3 is 2.92 bits per heavy atom. The van der Waals surface area contributed by atoms with E-state index in [1.165, 1.54) is 6.20 Å². The van der Waals surface area contributed by atoms with Crippen LogP contribution in [0.1, 0.15) is 5.56 Å². The molecule has 0 aromatic heterocycles. The zero-order valence-electron chi connectivity index (χ0n) is 15.3. The number of carbonyl (C=O) groups is 1. The van der Waals surface area contributed by atoms with Crippen molar-refractivity contribution in [2.75, 3.05) is 52.9 Å². The lowest BCUT2D eigenvalue weighted by Gasteiger charge is -2.27. The number of nitriles is 1. The van der Waals surface area contributed by atoms with Gasteiger partial charge in [-0.2, -0.15) is 5.26 Å². The van der Waals surface area contributed by atoms with Crippen molar-refractivity contribution in [2.24, 2.45) is 0 Å². The highest BCUT2D eigenvalue weighted by Crippen LogP contribution is 2.12. The number of hydrogen-bond donors (Lipinski definition) is 3. The third kappa shape index (κ3) is 6.75. The molecule has 1 saturated heterocycles. The van der Waals surface area contributed by atoms with Gasteiger partial charge in [0.05, 0.1) is 7.11 Å². The highest BCUT2D eigenvalue weighted by molar-refractivity contribution is 5.97. The summed E-state index contributed by atoms with van der Waals surface area (Å²) >= 11 is 0. The van der Waals surface area contributed by atoms with Crippen LogP contribution in [0.4, 0.5) is 0 Å². The largest absolute Gasteiger partial charge is 0.497 e. The van der Waals surface area contributed by atoms with Crippen LogP contribution in [-0.2, 0) is 11.2 Å². The number of benzene rings is 1. The Morgan fingerprint density at radius 1 is 1.38 bits per heavy atom. The molecule has 1 heterocycles. The molecule has 0 radical (unpaired) electrons. The van der Waals surface area contributed by atoms with E-state index in [4.69, 9.17) is 4.74 Å². The van der Waals surface area contributed by atoms with Crippen LogP contribution in [0.15, 0.2) is 36.0 Å². The van der Waals surface area contributed by atoms with E-state index in [0.29, 0.717) is 13.1 Å². The van der Waals surface area contributed by atoms with E-state index in [0.717, 1.165) is 50.5 Å². The number of nitrogens with one attached hydrogen (secondary N) is 3. The summed E-state index contributed by atoms with van der Waals surface area (Å²) in [7, 11) is 1.64. The number of amides is 1. The summed E-state index contributed by atoms with van der Waals surface area (Å²) in [6.07, 6.45) is 2.26. The van der Waals surface area contributed by atoms with Crippen molar-refractivity contribution in [3.05, 3.63) is 41.6 Å². The Morgan fingerprint density at radius 2 is 2.19 bits per heavy atom. The Bertz CT molecular complexity index is 648. The van der Waals surface area contributed by atoms with E-state index in [2.05, 4.69) is 20.9 Å². The highest BCUT2D eigenvalue weighted by Gasteiger charge is 2.11. The molecule has 7 heteroatoms. The number of nitrogens with zero attached hydrogens (tertiary/aromatic N) is 2. The third-order valence-corrected chi connectivity index (χ3v) is 4.23. The first-order valence-corrected chi connectivity index (χ1v) is 8.91. The summed E-state index contributed by atoms with van der Waals surface area (Å²) in [5.74, 6) is 0.483. The molecule has 140 valence electrons. The topological polar surface area (TPSA) is 89.4 Å². The summed E-state index contributed by atoms with van der Waals surface area (Å²) in [6, 6.07) is 9.78. The summed E-state index contributed by atoms with van der Waals surface area (Å²) in [6.45, 7) is 5.91. The second kappa shape index (κ2) is 11.1. The highest BCUT2D eigenvalue weighted by atomic mass is 16.5. The molecule has 1 aromatic carbocycles. The van der Waals surface area contributed by atoms with E-state index < -0.39 is 0 Å². The van der Waals surface area contributed by atoms with E-state index >= 15 is 0 Å². The molecule has 7 nitrogen and oxygen atoms in total. The van der Waals surface area contributed by atoms with Gasteiger partial charge in [-0.25, -0.2) is 0 Å². The molecule has 1 fully saturated rings. The Kier molecular flexibility index (Phi) is 8.46. The van der Waals surface area contributed by atoms with Crippen LogP contribution in [-0.4, -0.2) is 63.7 Å². The predicted octanol–water partition coefficient (Wildman–Crippen LogP) is 0.256.